The van der Waals surface area contributed by atoms with Crippen LogP contribution >= 0.6 is 0 Å². The Hall–Kier alpha value is -0.373. The zero-order valence-electron chi connectivity index (χ0n) is 9.63. The van der Waals surface area contributed by atoms with Crippen LogP contribution in [0.15, 0.2) is 12.2 Å². The molecule has 0 aliphatic heterocycles. The van der Waals surface area contributed by atoms with Crippen molar-refractivity contribution in [2.24, 2.45) is 0 Å². The van der Waals surface area contributed by atoms with E-state index in [1.807, 2.05) is 6.92 Å². The molecule has 0 bridgehead atoms. The van der Waals surface area contributed by atoms with Gasteiger partial charge < -0.3 is 13.3 Å². The van der Waals surface area contributed by atoms with E-state index in [0.717, 1.165) is 6.42 Å². The molecule has 1 atom stereocenters. The molecule has 0 saturated carbocycles. The Kier molecular flexibility index (Phi) is 7.65. The van der Waals surface area contributed by atoms with Gasteiger partial charge in [0.2, 0.25) is 0 Å². The molecule has 1 unspecified atom stereocenters. The van der Waals surface area contributed by atoms with Crippen molar-refractivity contribution in [3.63, 3.8) is 0 Å². The van der Waals surface area contributed by atoms with Crippen LogP contribution in [-0.2, 0) is 13.3 Å². The highest BCUT2D eigenvalue weighted by Gasteiger charge is 2.38. The van der Waals surface area contributed by atoms with Crippen LogP contribution in [0.3, 0.4) is 0 Å². The lowest BCUT2D eigenvalue weighted by molar-refractivity contribution is 0.0797. The average molecular weight is 258 g/mol. The van der Waals surface area contributed by atoms with Crippen LogP contribution < -0.4 is 0 Å². The fraction of sp³-hybridized carbons (Fsp3) is 0.778. The zero-order chi connectivity index (χ0) is 12.6. The van der Waals surface area contributed by atoms with Crippen molar-refractivity contribution in [1.29, 1.82) is 0 Å². The molecular formula is C9H17F3O3Si. The van der Waals surface area contributed by atoms with E-state index in [2.05, 4.69) is 0 Å². The molecule has 16 heavy (non-hydrogen) atoms. The Morgan fingerprint density at radius 1 is 1.31 bits per heavy atom. The van der Waals surface area contributed by atoms with Crippen molar-refractivity contribution in [3.05, 3.63) is 12.2 Å². The smallest absolute Gasteiger partial charge is 0.377 e. The molecule has 0 heterocycles. The third kappa shape index (κ3) is 5.64. The monoisotopic (exact) mass is 258 g/mol. The molecule has 0 saturated heterocycles. The quantitative estimate of drug-likeness (QED) is 0.627. The predicted molar refractivity (Wildman–Crippen MR) is 56.0 cm³/mol. The topological polar surface area (TPSA) is 27.7 Å². The summed E-state index contributed by atoms with van der Waals surface area (Å²) >= 11 is 0. The first-order chi connectivity index (χ1) is 7.49. The largest absolute Gasteiger partial charge is 0.500 e. The lowest BCUT2D eigenvalue weighted by Crippen LogP contribution is -2.44. The van der Waals surface area contributed by atoms with Gasteiger partial charge in [-0.3, -0.25) is 0 Å². The van der Waals surface area contributed by atoms with Crippen molar-refractivity contribution >= 4 is 8.80 Å². The molecule has 0 aromatic heterocycles. The molecule has 3 nitrogen and oxygen atoms in total. The van der Waals surface area contributed by atoms with Gasteiger partial charge in [-0.15, -0.1) is 0 Å². The molecule has 0 aliphatic carbocycles. The van der Waals surface area contributed by atoms with Crippen LogP contribution in [0.1, 0.15) is 13.3 Å². The van der Waals surface area contributed by atoms with E-state index in [1.165, 1.54) is 14.2 Å². The molecular weight excluding hydrogens is 241 g/mol. The molecule has 0 radical (unpaired) electrons. The third-order valence-electron chi connectivity index (χ3n) is 1.95. The van der Waals surface area contributed by atoms with Gasteiger partial charge in [-0.25, -0.2) is 4.39 Å². The van der Waals surface area contributed by atoms with Crippen LogP contribution in [0.25, 0.3) is 0 Å². The molecule has 0 aliphatic rings. The van der Waals surface area contributed by atoms with Crippen molar-refractivity contribution in [2.75, 3.05) is 20.8 Å². The highest BCUT2D eigenvalue weighted by Crippen LogP contribution is 2.17. The molecule has 0 rings (SSSR count). The summed E-state index contributed by atoms with van der Waals surface area (Å²) < 4.78 is 51.8. The lowest BCUT2D eigenvalue weighted by Gasteiger charge is -2.26. The van der Waals surface area contributed by atoms with Gasteiger partial charge in [0, 0.05) is 26.3 Å². The minimum Gasteiger partial charge on any atom is -0.377 e. The number of rotatable bonds is 8. The second kappa shape index (κ2) is 7.83. The minimum absolute atomic E-state index is 0.205. The fourth-order valence-corrected chi connectivity index (χ4v) is 3.16. The van der Waals surface area contributed by atoms with Crippen molar-refractivity contribution in [3.8, 4) is 0 Å². The van der Waals surface area contributed by atoms with Gasteiger partial charge in [0.25, 0.3) is 6.08 Å². The average Bonchev–Trinajstić information content (AvgIpc) is 2.23. The van der Waals surface area contributed by atoms with E-state index in [0.29, 0.717) is 6.04 Å². The van der Waals surface area contributed by atoms with Gasteiger partial charge in [-0.2, -0.15) is 8.78 Å². The summed E-state index contributed by atoms with van der Waals surface area (Å²) in [6.45, 7) is 1.42. The van der Waals surface area contributed by atoms with Crippen LogP contribution in [0, 0.1) is 0 Å². The molecule has 0 amide bonds. The second-order valence-electron chi connectivity index (χ2n) is 3.12. The van der Waals surface area contributed by atoms with Gasteiger partial charge in [-0.1, -0.05) is 13.3 Å². The first-order valence-corrected chi connectivity index (χ1v) is 6.84. The van der Waals surface area contributed by atoms with Gasteiger partial charge >= 0.3 is 8.80 Å². The first kappa shape index (κ1) is 15.6. The summed E-state index contributed by atoms with van der Waals surface area (Å²) in [5.74, 6) is 0. The normalized spacial score (nSPS) is 13.6. The van der Waals surface area contributed by atoms with E-state index in [9.17, 15) is 13.2 Å². The molecule has 0 N–H and O–H groups in total. The highest BCUT2D eigenvalue weighted by atomic mass is 28.4. The van der Waals surface area contributed by atoms with Crippen molar-refractivity contribution in [1.82, 2.24) is 0 Å². The van der Waals surface area contributed by atoms with Gasteiger partial charge in [0.1, 0.15) is 6.17 Å². The van der Waals surface area contributed by atoms with E-state index in [4.69, 9.17) is 13.3 Å². The van der Waals surface area contributed by atoms with Gasteiger partial charge in [-0.05, 0) is 0 Å². The third-order valence-corrected chi connectivity index (χ3v) is 4.91. The Labute approximate surface area is 94.6 Å². The first-order valence-electron chi connectivity index (χ1n) is 4.90. The summed E-state index contributed by atoms with van der Waals surface area (Å²) in [4.78, 5) is 0. The molecule has 0 fully saturated rings. The summed E-state index contributed by atoms with van der Waals surface area (Å²) in [6.07, 6.45) is -2.96. The maximum Gasteiger partial charge on any atom is 0.500 e. The number of halogens is 3. The Morgan fingerprint density at radius 3 is 2.25 bits per heavy atom. The Bertz CT molecular complexity index is 218. The predicted octanol–water partition coefficient (Wildman–Crippen LogP) is 2.76. The maximum absolute atomic E-state index is 12.9. The zero-order valence-corrected chi connectivity index (χ0v) is 10.6. The summed E-state index contributed by atoms with van der Waals surface area (Å²) in [5, 5.41) is 0. The van der Waals surface area contributed by atoms with E-state index in [1.54, 1.807) is 0 Å². The SMILES string of the molecule is CCC[Si](OC)(OC)OCC(F)C=C(F)F. The van der Waals surface area contributed by atoms with Crippen LogP contribution in [0.4, 0.5) is 13.2 Å². The maximum atomic E-state index is 12.9. The summed E-state index contributed by atoms with van der Waals surface area (Å²) in [7, 11) is -0.0575. The van der Waals surface area contributed by atoms with E-state index in [-0.39, 0.29) is 6.08 Å². The van der Waals surface area contributed by atoms with Crippen LogP contribution in [0.5, 0.6) is 0 Å². The van der Waals surface area contributed by atoms with E-state index >= 15 is 0 Å². The fourth-order valence-electron chi connectivity index (χ4n) is 1.18. The van der Waals surface area contributed by atoms with Crippen LogP contribution in [0.2, 0.25) is 6.04 Å². The molecule has 7 heteroatoms. The molecule has 0 spiro atoms. The standard InChI is InChI=1S/C9H17F3O3Si/c1-4-5-16(13-2,14-3)15-7-8(10)6-9(11)12/h6,8H,4-5,7H2,1-3H3. The van der Waals surface area contributed by atoms with Crippen LogP contribution in [-0.4, -0.2) is 35.8 Å². The lowest BCUT2D eigenvalue weighted by atomic mass is 10.4. The minimum atomic E-state index is -2.87. The molecule has 96 valence electrons. The second-order valence-corrected chi connectivity index (χ2v) is 6.10. The highest BCUT2D eigenvalue weighted by molar-refractivity contribution is 6.60. The van der Waals surface area contributed by atoms with Crippen molar-refractivity contribution < 1.29 is 26.4 Å². The van der Waals surface area contributed by atoms with Crippen molar-refractivity contribution in [2.45, 2.75) is 25.6 Å². The van der Waals surface area contributed by atoms with Gasteiger partial charge in [0.05, 0.1) is 6.61 Å². The summed E-state index contributed by atoms with van der Waals surface area (Å²) in [5.41, 5.74) is 0. The number of hydrogen-bond donors (Lipinski definition) is 0. The number of hydrogen-bond acceptors (Lipinski definition) is 3. The number of alkyl halides is 1. The molecule has 0 aromatic rings. The Morgan fingerprint density at radius 2 is 1.88 bits per heavy atom. The molecule has 0 aromatic carbocycles. The van der Waals surface area contributed by atoms with Gasteiger partial charge in [0.15, 0.2) is 0 Å². The summed E-state index contributed by atoms with van der Waals surface area (Å²) in [6, 6.07) is 0.522. The Balaban J connectivity index is 4.26. The van der Waals surface area contributed by atoms with E-state index < -0.39 is 27.7 Å².